The highest BCUT2D eigenvalue weighted by molar-refractivity contribution is 7.91. The zero-order chi connectivity index (χ0) is 20.0. The second-order valence-corrected chi connectivity index (χ2v) is 8.52. The summed E-state index contributed by atoms with van der Waals surface area (Å²) in [6.45, 7) is 0.711. The second kappa shape index (κ2) is 8.81. The molecule has 1 atom stereocenters. The van der Waals surface area contributed by atoms with Crippen LogP contribution >= 0.6 is 0 Å². The maximum Gasteiger partial charge on any atom is 0.355 e. The minimum atomic E-state index is -3.13. The standard InChI is InChI=1S/C18H22N2O6S/c1-13(21)19-16(10-14-6-4-3-5-7-14)18(23)26-11-17(22)20(2)15-8-9-27(24,25)12-15/h3-7,10,15H,8-9,11-12H2,1-2H3,(H,19,21)/b16-10-/t15-/m1/s1. The highest BCUT2D eigenvalue weighted by Gasteiger charge is 2.33. The first kappa shape index (κ1) is 20.6. The van der Waals surface area contributed by atoms with Crippen molar-refractivity contribution in [1.29, 1.82) is 0 Å². The van der Waals surface area contributed by atoms with Gasteiger partial charge < -0.3 is 15.0 Å². The summed E-state index contributed by atoms with van der Waals surface area (Å²) in [7, 11) is -1.64. The minimum Gasteiger partial charge on any atom is -0.451 e. The molecule has 8 nitrogen and oxygen atoms in total. The molecule has 2 amide bonds. The first-order valence-electron chi connectivity index (χ1n) is 8.35. The van der Waals surface area contributed by atoms with E-state index in [1.54, 1.807) is 24.3 Å². The molecule has 0 bridgehead atoms. The van der Waals surface area contributed by atoms with Gasteiger partial charge in [0.05, 0.1) is 11.5 Å². The van der Waals surface area contributed by atoms with Crippen LogP contribution in [0, 0.1) is 0 Å². The molecule has 2 rings (SSSR count). The molecule has 0 aromatic heterocycles. The van der Waals surface area contributed by atoms with Crippen molar-refractivity contribution in [2.75, 3.05) is 25.2 Å². The molecule has 9 heteroatoms. The Hall–Kier alpha value is -2.68. The minimum absolute atomic E-state index is 0.0432. The van der Waals surface area contributed by atoms with Gasteiger partial charge >= 0.3 is 5.97 Å². The lowest BCUT2D eigenvalue weighted by Crippen LogP contribution is -2.40. The number of likely N-dealkylation sites (N-methyl/N-ethyl adjacent to an activating group) is 1. The smallest absolute Gasteiger partial charge is 0.355 e. The molecule has 0 unspecified atom stereocenters. The van der Waals surface area contributed by atoms with Crippen LogP contribution in [0.3, 0.4) is 0 Å². The Labute approximate surface area is 158 Å². The predicted octanol–water partition coefficient (Wildman–Crippen LogP) is 0.352. The van der Waals surface area contributed by atoms with Crippen LogP contribution in [0.5, 0.6) is 0 Å². The Balaban J connectivity index is 1.99. The maximum atomic E-state index is 12.3. The number of esters is 1. The van der Waals surface area contributed by atoms with E-state index >= 15 is 0 Å². The second-order valence-electron chi connectivity index (χ2n) is 6.29. The molecule has 1 fully saturated rings. The number of carbonyl (C=O) groups excluding carboxylic acids is 3. The van der Waals surface area contributed by atoms with E-state index < -0.39 is 40.3 Å². The summed E-state index contributed by atoms with van der Waals surface area (Å²) < 4.78 is 28.1. The molecule has 0 aliphatic carbocycles. The normalized spacial score (nSPS) is 18.6. The Kier molecular flexibility index (Phi) is 6.73. The van der Waals surface area contributed by atoms with Crippen molar-refractivity contribution >= 4 is 33.7 Å². The van der Waals surface area contributed by atoms with Crippen LogP contribution < -0.4 is 5.32 Å². The van der Waals surface area contributed by atoms with E-state index in [0.717, 1.165) is 0 Å². The number of amides is 2. The summed E-state index contributed by atoms with van der Waals surface area (Å²) in [6.07, 6.45) is 1.81. The molecule has 0 spiro atoms. The highest BCUT2D eigenvalue weighted by atomic mass is 32.2. The van der Waals surface area contributed by atoms with E-state index in [1.807, 2.05) is 6.07 Å². The van der Waals surface area contributed by atoms with Crippen LogP contribution in [-0.4, -0.2) is 62.3 Å². The molecule has 1 heterocycles. The Bertz CT molecular complexity index is 848. The van der Waals surface area contributed by atoms with Crippen LogP contribution in [0.15, 0.2) is 36.0 Å². The van der Waals surface area contributed by atoms with Crippen molar-refractivity contribution in [3.8, 4) is 0 Å². The summed E-state index contributed by atoms with van der Waals surface area (Å²) in [4.78, 5) is 37.1. The number of hydrogen-bond acceptors (Lipinski definition) is 6. The number of ether oxygens (including phenoxy) is 1. The number of carbonyl (C=O) groups is 3. The van der Waals surface area contributed by atoms with E-state index in [0.29, 0.717) is 12.0 Å². The van der Waals surface area contributed by atoms with Crippen LogP contribution in [0.25, 0.3) is 6.08 Å². The fraction of sp³-hybridized carbons (Fsp3) is 0.389. The first-order chi connectivity index (χ1) is 12.7. The number of nitrogens with one attached hydrogen (secondary N) is 1. The van der Waals surface area contributed by atoms with Crippen LogP contribution in [0.1, 0.15) is 18.9 Å². The molecule has 0 saturated carbocycles. The summed E-state index contributed by atoms with van der Waals surface area (Å²) in [5.74, 6) is -1.86. The molecule has 1 aromatic rings. The third kappa shape index (κ3) is 6.21. The molecular formula is C18H22N2O6S. The van der Waals surface area contributed by atoms with E-state index in [9.17, 15) is 22.8 Å². The lowest BCUT2D eigenvalue weighted by Gasteiger charge is -2.23. The monoisotopic (exact) mass is 394 g/mol. The number of benzene rings is 1. The van der Waals surface area contributed by atoms with Crippen molar-refractivity contribution in [2.24, 2.45) is 0 Å². The average Bonchev–Trinajstić information content (AvgIpc) is 2.98. The topological polar surface area (TPSA) is 110 Å². The fourth-order valence-electron chi connectivity index (χ4n) is 2.64. The quantitative estimate of drug-likeness (QED) is 0.551. The van der Waals surface area contributed by atoms with Gasteiger partial charge in [0.1, 0.15) is 5.70 Å². The lowest BCUT2D eigenvalue weighted by molar-refractivity contribution is -0.149. The molecule has 146 valence electrons. The third-order valence-corrected chi connectivity index (χ3v) is 5.87. The van der Waals surface area contributed by atoms with E-state index in [2.05, 4.69) is 5.32 Å². The van der Waals surface area contributed by atoms with Crippen molar-refractivity contribution in [2.45, 2.75) is 19.4 Å². The van der Waals surface area contributed by atoms with Crippen molar-refractivity contribution in [3.05, 3.63) is 41.6 Å². The van der Waals surface area contributed by atoms with Gasteiger partial charge in [0.15, 0.2) is 16.4 Å². The summed E-state index contributed by atoms with van der Waals surface area (Å²) in [6, 6.07) is 8.43. The first-order valence-corrected chi connectivity index (χ1v) is 10.2. The van der Waals surface area contributed by atoms with Gasteiger partial charge in [-0.05, 0) is 18.1 Å². The van der Waals surface area contributed by atoms with Gasteiger partial charge in [-0.25, -0.2) is 13.2 Å². The number of sulfone groups is 1. The van der Waals surface area contributed by atoms with Gasteiger partial charge in [0, 0.05) is 20.0 Å². The summed E-state index contributed by atoms with van der Waals surface area (Å²) in [5, 5.41) is 2.39. The van der Waals surface area contributed by atoms with Gasteiger partial charge in [-0.15, -0.1) is 0 Å². The molecule has 27 heavy (non-hydrogen) atoms. The lowest BCUT2D eigenvalue weighted by atomic mass is 10.2. The SMILES string of the molecule is CC(=O)N/C(=C\c1ccccc1)C(=O)OCC(=O)N(C)[C@@H]1CCS(=O)(=O)C1. The maximum absolute atomic E-state index is 12.3. The molecule has 0 radical (unpaired) electrons. The third-order valence-electron chi connectivity index (χ3n) is 4.12. The van der Waals surface area contributed by atoms with Gasteiger partial charge in [0.25, 0.3) is 5.91 Å². The highest BCUT2D eigenvalue weighted by Crippen LogP contribution is 2.16. The Morgan fingerprint density at radius 1 is 1.26 bits per heavy atom. The number of nitrogens with zero attached hydrogens (tertiary/aromatic N) is 1. The molecule has 1 aromatic carbocycles. The number of rotatable bonds is 6. The van der Waals surface area contributed by atoms with Gasteiger partial charge in [-0.2, -0.15) is 0 Å². The zero-order valence-corrected chi connectivity index (χ0v) is 16.0. The zero-order valence-electron chi connectivity index (χ0n) is 15.2. The Morgan fingerprint density at radius 2 is 1.93 bits per heavy atom. The number of hydrogen-bond donors (Lipinski definition) is 1. The molecule has 1 aliphatic rings. The van der Waals surface area contributed by atoms with Crippen molar-refractivity contribution in [3.63, 3.8) is 0 Å². The Morgan fingerprint density at radius 3 is 2.48 bits per heavy atom. The van der Waals surface area contributed by atoms with Crippen LogP contribution in [0.2, 0.25) is 0 Å². The van der Waals surface area contributed by atoms with Gasteiger partial charge in [0.2, 0.25) is 5.91 Å². The summed E-state index contributed by atoms with van der Waals surface area (Å²) in [5.41, 5.74) is 0.588. The van der Waals surface area contributed by atoms with E-state index in [1.165, 1.54) is 24.9 Å². The van der Waals surface area contributed by atoms with Gasteiger partial charge in [-0.3, -0.25) is 9.59 Å². The largest absolute Gasteiger partial charge is 0.451 e. The average molecular weight is 394 g/mol. The van der Waals surface area contributed by atoms with Crippen LogP contribution in [0.4, 0.5) is 0 Å². The molecule has 1 N–H and O–H groups in total. The van der Waals surface area contributed by atoms with Crippen molar-refractivity contribution < 1.29 is 27.5 Å². The summed E-state index contributed by atoms with van der Waals surface area (Å²) >= 11 is 0. The predicted molar refractivity (Wildman–Crippen MR) is 99.0 cm³/mol. The fourth-order valence-corrected chi connectivity index (χ4v) is 4.42. The van der Waals surface area contributed by atoms with E-state index in [-0.39, 0.29) is 17.2 Å². The molecular weight excluding hydrogens is 372 g/mol. The molecule has 1 aliphatic heterocycles. The van der Waals surface area contributed by atoms with Crippen LogP contribution in [-0.2, 0) is 29.0 Å². The van der Waals surface area contributed by atoms with Crippen molar-refractivity contribution in [1.82, 2.24) is 10.2 Å². The van der Waals surface area contributed by atoms with Gasteiger partial charge in [-0.1, -0.05) is 30.3 Å². The van der Waals surface area contributed by atoms with E-state index in [4.69, 9.17) is 4.74 Å². The molecule has 1 saturated heterocycles.